The predicted octanol–water partition coefficient (Wildman–Crippen LogP) is 4.56. The number of para-hydroxylation sites is 1. The van der Waals surface area contributed by atoms with E-state index in [-0.39, 0.29) is 9.80 Å². The largest absolute Gasteiger partial charge is 0.489 e. The van der Waals surface area contributed by atoms with Gasteiger partial charge in [0, 0.05) is 11.9 Å². The van der Waals surface area contributed by atoms with E-state index in [2.05, 4.69) is 0 Å². The first-order valence-electron chi connectivity index (χ1n) is 8.62. The smallest absolute Gasteiger partial charge is 0.220 e. The van der Waals surface area contributed by atoms with Crippen LogP contribution < -0.4 is 9.64 Å². The molecule has 0 fully saturated rings. The van der Waals surface area contributed by atoms with Gasteiger partial charge in [-0.2, -0.15) is 5.26 Å². The summed E-state index contributed by atoms with van der Waals surface area (Å²) in [4.78, 5) is 1.55. The second-order valence-electron chi connectivity index (χ2n) is 6.21. The van der Waals surface area contributed by atoms with Gasteiger partial charge in [-0.05, 0) is 42.0 Å². The normalized spacial score (nSPS) is 14.5. The molecule has 0 aromatic heterocycles. The van der Waals surface area contributed by atoms with E-state index >= 15 is 0 Å². The predicted molar refractivity (Wildman–Crippen MR) is 107 cm³/mol. The fourth-order valence-electron chi connectivity index (χ4n) is 3.00. The fraction of sp³-hybridized carbons (Fsp3) is 0.0455. The molecular weight excluding hydrogens is 372 g/mol. The van der Waals surface area contributed by atoms with Gasteiger partial charge in [0.2, 0.25) is 9.84 Å². The van der Waals surface area contributed by atoms with Crippen LogP contribution in [0.4, 0.5) is 11.4 Å². The van der Waals surface area contributed by atoms with E-state index in [1.807, 2.05) is 54.6 Å². The van der Waals surface area contributed by atoms with Crippen LogP contribution in [0.25, 0.3) is 0 Å². The number of sulfone groups is 1. The van der Waals surface area contributed by atoms with Crippen LogP contribution in [0.5, 0.6) is 5.75 Å². The number of ether oxygens (including phenoxy) is 1. The van der Waals surface area contributed by atoms with Crippen molar-refractivity contribution in [2.24, 2.45) is 0 Å². The SMILES string of the molecule is N#CC1=CN(c2ccc(OCc3ccccc3)cc2)c2ccccc2S1(=O)=O. The minimum Gasteiger partial charge on any atom is -0.489 e. The summed E-state index contributed by atoms with van der Waals surface area (Å²) in [6.07, 6.45) is 1.36. The van der Waals surface area contributed by atoms with Crippen molar-refractivity contribution in [1.29, 1.82) is 5.26 Å². The molecule has 0 bridgehead atoms. The molecule has 0 unspecified atom stereocenters. The zero-order valence-corrected chi connectivity index (χ0v) is 15.6. The second kappa shape index (κ2) is 7.22. The summed E-state index contributed by atoms with van der Waals surface area (Å²) in [7, 11) is -3.79. The molecule has 138 valence electrons. The van der Waals surface area contributed by atoms with E-state index in [0.717, 1.165) is 11.3 Å². The molecular formula is C22H16N2O3S. The molecule has 0 radical (unpaired) electrons. The quantitative estimate of drug-likeness (QED) is 0.655. The van der Waals surface area contributed by atoms with Crippen molar-refractivity contribution in [3.63, 3.8) is 0 Å². The molecule has 1 aliphatic heterocycles. The van der Waals surface area contributed by atoms with Gasteiger partial charge in [-0.15, -0.1) is 0 Å². The van der Waals surface area contributed by atoms with E-state index in [4.69, 9.17) is 4.74 Å². The maximum Gasteiger partial charge on any atom is 0.220 e. The fourth-order valence-corrected chi connectivity index (χ4v) is 4.31. The van der Waals surface area contributed by atoms with Crippen molar-refractivity contribution in [3.8, 4) is 11.8 Å². The summed E-state index contributed by atoms with van der Waals surface area (Å²) in [6.45, 7) is 0.462. The van der Waals surface area contributed by atoms with Crippen LogP contribution in [0.1, 0.15) is 5.56 Å². The van der Waals surface area contributed by atoms with Crippen LogP contribution >= 0.6 is 0 Å². The summed E-state index contributed by atoms with van der Waals surface area (Å²) < 4.78 is 30.9. The summed E-state index contributed by atoms with van der Waals surface area (Å²) >= 11 is 0. The number of anilines is 2. The third kappa shape index (κ3) is 3.24. The van der Waals surface area contributed by atoms with Gasteiger partial charge in [-0.25, -0.2) is 8.42 Å². The van der Waals surface area contributed by atoms with Crippen molar-refractivity contribution in [3.05, 3.63) is 95.5 Å². The van der Waals surface area contributed by atoms with E-state index in [9.17, 15) is 13.7 Å². The third-order valence-corrected chi connectivity index (χ3v) is 6.12. The van der Waals surface area contributed by atoms with Gasteiger partial charge in [0.05, 0.1) is 10.6 Å². The molecule has 0 saturated heterocycles. The first-order chi connectivity index (χ1) is 13.6. The molecule has 0 saturated carbocycles. The lowest BCUT2D eigenvalue weighted by atomic mass is 10.2. The monoisotopic (exact) mass is 388 g/mol. The first-order valence-corrected chi connectivity index (χ1v) is 10.1. The third-order valence-electron chi connectivity index (χ3n) is 4.42. The number of rotatable bonds is 4. The Morgan fingerprint density at radius 3 is 2.29 bits per heavy atom. The van der Waals surface area contributed by atoms with Gasteiger partial charge >= 0.3 is 0 Å². The number of allylic oxidation sites excluding steroid dienone is 1. The Morgan fingerprint density at radius 1 is 0.893 bits per heavy atom. The Morgan fingerprint density at radius 2 is 1.57 bits per heavy atom. The van der Waals surface area contributed by atoms with Gasteiger partial charge in [0.15, 0.2) is 4.91 Å². The maximum atomic E-state index is 12.5. The minimum absolute atomic E-state index is 0.124. The van der Waals surface area contributed by atoms with E-state index in [0.29, 0.717) is 18.0 Å². The van der Waals surface area contributed by atoms with Crippen LogP contribution in [-0.4, -0.2) is 8.42 Å². The van der Waals surface area contributed by atoms with Crippen molar-refractivity contribution >= 4 is 21.2 Å². The lowest BCUT2D eigenvalue weighted by Crippen LogP contribution is -2.21. The van der Waals surface area contributed by atoms with Gasteiger partial charge < -0.3 is 9.64 Å². The minimum atomic E-state index is -3.79. The molecule has 5 nitrogen and oxygen atoms in total. The highest BCUT2D eigenvalue weighted by molar-refractivity contribution is 7.95. The lowest BCUT2D eigenvalue weighted by Gasteiger charge is -2.27. The average molecular weight is 388 g/mol. The topological polar surface area (TPSA) is 70.4 Å². The molecule has 0 N–H and O–H groups in total. The Hall–Kier alpha value is -3.56. The first kappa shape index (κ1) is 17.8. The van der Waals surface area contributed by atoms with Crippen molar-refractivity contribution in [2.45, 2.75) is 11.5 Å². The highest BCUT2D eigenvalue weighted by Crippen LogP contribution is 2.39. The summed E-state index contributed by atoms with van der Waals surface area (Å²) in [6, 6.07) is 25.6. The molecule has 0 aliphatic carbocycles. The number of nitrogens with zero attached hydrogens (tertiary/aromatic N) is 2. The van der Waals surface area contributed by atoms with Crippen LogP contribution in [0.3, 0.4) is 0 Å². The Bertz CT molecular complexity index is 1180. The molecule has 3 aromatic rings. The van der Waals surface area contributed by atoms with Crippen molar-refractivity contribution < 1.29 is 13.2 Å². The molecule has 0 amide bonds. The van der Waals surface area contributed by atoms with Crippen LogP contribution in [-0.2, 0) is 16.4 Å². The van der Waals surface area contributed by atoms with Crippen LogP contribution in [0.2, 0.25) is 0 Å². The molecule has 4 rings (SSSR count). The van der Waals surface area contributed by atoms with E-state index in [1.54, 1.807) is 29.2 Å². The van der Waals surface area contributed by atoms with E-state index in [1.165, 1.54) is 12.3 Å². The lowest BCUT2D eigenvalue weighted by molar-refractivity contribution is 0.306. The van der Waals surface area contributed by atoms with Gasteiger partial charge in [0.25, 0.3) is 0 Å². The van der Waals surface area contributed by atoms with Crippen molar-refractivity contribution in [2.75, 3.05) is 4.90 Å². The summed E-state index contributed by atoms with van der Waals surface area (Å²) in [5.74, 6) is 0.704. The Labute approximate surface area is 163 Å². The van der Waals surface area contributed by atoms with Gasteiger partial charge in [-0.3, -0.25) is 0 Å². The number of fused-ring (bicyclic) bond motifs is 1. The number of nitriles is 1. The zero-order chi connectivity index (χ0) is 19.6. The number of hydrogen-bond acceptors (Lipinski definition) is 5. The summed E-state index contributed by atoms with van der Waals surface area (Å²) in [5, 5.41) is 9.30. The van der Waals surface area contributed by atoms with Gasteiger partial charge in [0.1, 0.15) is 18.4 Å². The number of benzene rings is 3. The van der Waals surface area contributed by atoms with Crippen molar-refractivity contribution in [1.82, 2.24) is 0 Å². The highest BCUT2D eigenvalue weighted by atomic mass is 32.2. The second-order valence-corrected chi connectivity index (χ2v) is 8.10. The molecule has 1 aliphatic rings. The molecule has 3 aromatic carbocycles. The van der Waals surface area contributed by atoms with Crippen LogP contribution in [0.15, 0.2) is 94.9 Å². The average Bonchev–Trinajstić information content (AvgIpc) is 2.74. The Balaban J connectivity index is 1.63. The molecule has 0 atom stereocenters. The highest BCUT2D eigenvalue weighted by Gasteiger charge is 2.31. The van der Waals surface area contributed by atoms with E-state index < -0.39 is 9.84 Å². The number of hydrogen-bond donors (Lipinski definition) is 0. The maximum absolute atomic E-state index is 12.5. The molecule has 1 heterocycles. The Kier molecular flexibility index (Phi) is 4.60. The molecule has 28 heavy (non-hydrogen) atoms. The van der Waals surface area contributed by atoms with Crippen LogP contribution in [0, 0.1) is 11.3 Å². The standard InChI is InChI=1S/C22H16N2O3S/c23-14-20-15-24(21-8-4-5-9-22(21)28(20,25)26)18-10-12-19(13-11-18)27-16-17-6-2-1-3-7-17/h1-13,15H,16H2. The molecule has 6 heteroatoms. The zero-order valence-electron chi connectivity index (χ0n) is 14.8. The summed E-state index contributed by atoms with van der Waals surface area (Å²) in [5.41, 5.74) is 2.32. The van der Waals surface area contributed by atoms with Gasteiger partial charge in [-0.1, -0.05) is 42.5 Å². The molecule has 0 spiro atoms.